The quantitative estimate of drug-likeness (QED) is 0.672. The number of carbonyl (C=O) groups excluding carboxylic acids is 1. The highest BCUT2D eigenvalue weighted by Crippen LogP contribution is 2.26. The van der Waals surface area contributed by atoms with Crippen molar-refractivity contribution < 1.29 is 4.79 Å². The fourth-order valence-corrected chi connectivity index (χ4v) is 3.45. The maximum atomic E-state index is 12.8. The van der Waals surface area contributed by atoms with Gasteiger partial charge in [-0.1, -0.05) is 38.1 Å². The molecule has 0 aliphatic heterocycles. The van der Waals surface area contributed by atoms with Gasteiger partial charge in [0.15, 0.2) is 0 Å². The fraction of sp³-hybridized carbons (Fsp3) is 0.348. The van der Waals surface area contributed by atoms with Crippen molar-refractivity contribution in [3.63, 3.8) is 0 Å². The zero-order valence-electron chi connectivity index (χ0n) is 16.6. The van der Waals surface area contributed by atoms with Crippen molar-refractivity contribution in [3.05, 3.63) is 70.4 Å². The Balaban J connectivity index is 1.84. The van der Waals surface area contributed by atoms with E-state index < -0.39 is 0 Å². The van der Waals surface area contributed by atoms with Crippen molar-refractivity contribution >= 4 is 16.8 Å². The van der Waals surface area contributed by atoms with Gasteiger partial charge in [0.25, 0.3) is 5.91 Å². The smallest absolute Gasteiger partial charge is 0.251 e. The number of nitrogens with one attached hydrogen (secondary N) is 1. The summed E-state index contributed by atoms with van der Waals surface area (Å²) in [5.41, 5.74) is 6.76. The van der Waals surface area contributed by atoms with Crippen LogP contribution in [0.25, 0.3) is 10.9 Å². The van der Waals surface area contributed by atoms with E-state index in [0.29, 0.717) is 11.5 Å². The van der Waals surface area contributed by atoms with Gasteiger partial charge in [-0.2, -0.15) is 0 Å². The molecule has 1 aromatic heterocycles. The minimum atomic E-state index is -0.0322. The van der Waals surface area contributed by atoms with Gasteiger partial charge in [-0.05, 0) is 61.6 Å². The number of aromatic nitrogens is 1. The highest BCUT2D eigenvalue weighted by molar-refractivity contribution is 5.99. The normalized spacial score (nSPS) is 12.6. The molecule has 26 heavy (non-hydrogen) atoms. The number of carbonyl (C=O) groups is 1. The Morgan fingerprint density at radius 3 is 2.38 bits per heavy atom. The molecule has 3 heteroatoms. The molecule has 136 valence electrons. The van der Waals surface area contributed by atoms with Crippen LogP contribution < -0.4 is 5.32 Å². The molecule has 0 unspecified atom stereocenters. The fourth-order valence-electron chi connectivity index (χ4n) is 3.45. The molecule has 3 nitrogen and oxygen atoms in total. The van der Waals surface area contributed by atoms with Crippen LogP contribution in [0.15, 0.2) is 42.5 Å². The Morgan fingerprint density at radius 1 is 1.00 bits per heavy atom. The topological polar surface area (TPSA) is 34.0 Å². The first-order chi connectivity index (χ1) is 12.3. The summed E-state index contributed by atoms with van der Waals surface area (Å²) in [5, 5.41) is 4.28. The van der Waals surface area contributed by atoms with Crippen molar-refractivity contribution in [3.8, 4) is 0 Å². The van der Waals surface area contributed by atoms with Crippen LogP contribution in [0.3, 0.4) is 0 Å². The molecular formula is C23H28N2O. The van der Waals surface area contributed by atoms with Crippen LogP contribution in [0.2, 0.25) is 0 Å². The zero-order chi connectivity index (χ0) is 19.0. The summed E-state index contributed by atoms with van der Waals surface area (Å²) < 4.78 is 2.17. The van der Waals surface area contributed by atoms with Gasteiger partial charge in [0.05, 0.1) is 6.04 Å². The molecule has 1 heterocycles. The molecule has 0 aliphatic carbocycles. The number of fused-ring (bicyclic) bond motifs is 1. The average molecular weight is 348 g/mol. The molecule has 1 N–H and O–H groups in total. The third-order valence-corrected chi connectivity index (χ3v) is 5.49. The van der Waals surface area contributed by atoms with Crippen LogP contribution in [0, 0.1) is 13.8 Å². The molecule has 0 aliphatic rings. The highest BCUT2D eigenvalue weighted by Gasteiger charge is 2.15. The Kier molecular flexibility index (Phi) is 4.90. The van der Waals surface area contributed by atoms with E-state index >= 15 is 0 Å². The molecule has 3 rings (SSSR count). The van der Waals surface area contributed by atoms with Gasteiger partial charge in [0.1, 0.15) is 0 Å². The van der Waals surface area contributed by atoms with Crippen molar-refractivity contribution in [1.29, 1.82) is 0 Å². The first-order valence-corrected chi connectivity index (χ1v) is 9.26. The third kappa shape index (κ3) is 3.26. The summed E-state index contributed by atoms with van der Waals surface area (Å²) in [6, 6.07) is 14.4. The summed E-state index contributed by atoms with van der Waals surface area (Å²) in [7, 11) is 2.06. The van der Waals surface area contributed by atoms with Gasteiger partial charge in [0.2, 0.25) is 0 Å². The largest absolute Gasteiger partial charge is 0.348 e. The number of nitrogens with zero attached hydrogens (tertiary/aromatic N) is 1. The minimum absolute atomic E-state index is 0.0319. The number of benzene rings is 2. The average Bonchev–Trinajstić information content (AvgIpc) is 2.85. The number of amides is 1. The standard InChI is InChI=1S/C23H28N2O/c1-14(2)18-8-7-9-19(12-18)16(4)24-23(26)20-10-11-22-21(13-20)15(3)17(5)25(22)6/h7-14,16H,1-6H3,(H,24,26)/t16-/m0/s1. The lowest BCUT2D eigenvalue weighted by molar-refractivity contribution is 0.0940. The van der Waals surface area contributed by atoms with Crippen molar-refractivity contribution in [2.75, 3.05) is 0 Å². The number of aryl methyl sites for hydroxylation is 2. The Bertz CT molecular complexity index is 966. The molecule has 0 saturated carbocycles. The summed E-state index contributed by atoms with van der Waals surface area (Å²) >= 11 is 0. The monoisotopic (exact) mass is 348 g/mol. The second kappa shape index (κ2) is 6.99. The van der Waals surface area contributed by atoms with Crippen LogP contribution in [0.4, 0.5) is 0 Å². The highest BCUT2D eigenvalue weighted by atomic mass is 16.1. The first-order valence-electron chi connectivity index (χ1n) is 9.26. The maximum Gasteiger partial charge on any atom is 0.251 e. The molecule has 0 fully saturated rings. The predicted octanol–water partition coefficient (Wildman–Crippen LogP) is 5.41. The molecule has 0 bridgehead atoms. The lowest BCUT2D eigenvalue weighted by Gasteiger charge is -2.16. The van der Waals surface area contributed by atoms with E-state index in [1.165, 1.54) is 16.8 Å². The SMILES string of the molecule is Cc1c(C)n(C)c2ccc(C(=O)N[C@@H](C)c3cccc(C(C)C)c3)cc12. The molecule has 2 aromatic carbocycles. The van der Waals surface area contributed by atoms with Gasteiger partial charge in [-0.15, -0.1) is 0 Å². The molecule has 0 spiro atoms. The van der Waals surface area contributed by atoms with Crippen LogP contribution in [-0.2, 0) is 7.05 Å². The van der Waals surface area contributed by atoms with Crippen molar-refractivity contribution in [1.82, 2.24) is 9.88 Å². The summed E-state index contributed by atoms with van der Waals surface area (Å²) in [4.78, 5) is 12.8. The summed E-state index contributed by atoms with van der Waals surface area (Å²) in [6.07, 6.45) is 0. The maximum absolute atomic E-state index is 12.8. The van der Waals surface area contributed by atoms with Crippen LogP contribution >= 0.6 is 0 Å². The second-order valence-corrected chi connectivity index (χ2v) is 7.52. The molecule has 0 saturated heterocycles. The zero-order valence-corrected chi connectivity index (χ0v) is 16.6. The van der Waals surface area contributed by atoms with Crippen molar-refractivity contribution in [2.45, 2.75) is 46.6 Å². The second-order valence-electron chi connectivity index (χ2n) is 7.52. The van der Waals surface area contributed by atoms with E-state index in [1.807, 2.05) is 25.1 Å². The number of rotatable bonds is 4. The van der Waals surface area contributed by atoms with Crippen LogP contribution in [0.1, 0.15) is 65.5 Å². The Labute approximate surface area is 156 Å². The van der Waals surface area contributed by atoms with Gasteiger partial charge in [-0.3, -0.25) is 4.79 Å². The summed E-state index contributed by atoms with van der Waals surface area (Å²) in [5.74, 6) is 0.444. The van der Waals surface area contributed by atoms with Crippen LogP contribution in [0.5, 0.6) is 0 Å². The van der Waals surface area contributed by atoms with E-state index in [4.69, 9.17) is 0 Å². The third-order valence-electron chi connectivity index (χ3n) is 5.49. The predicted molar refractivity (Wildman–Crippen MR) is 109 cm³/mol. The number of hydrogen-bond acceptors (Lipinski definition) is 1. The van der Waals surface area contributed by atoms with E-state index in [-0.39, 0.29) is 11.9 Å². The van der Waals surface area contributed by atoms with Gasteiger partial charge >= 0.3 is 0 Å². The summed E-state index contributed by atoms with van der Waals surface area (Å²) in [6.45, 7) is 10.6. The molecular weight excluding hydrogens is 320 g/mol. The lowest BCUT2D eigenvalue weighted by Crippen LogP contribution is -2.26. The van der Waals surface area contributed by atoms with E-state index in [1.54, 1.807) is 0 Å². The molecule has 1 atom stereocenters. The van der Waals surface area contributed by atoms with Crippen molar-refractivity contribution in [2.24, 2.45) is 7.05 Å². The lowest BCUT2D eigenvalue weighted by atomic mass is 9.98. The van der Waals surface area contributed by atoms with E-state index in [0.717, 1.165) is 16.5 Å². The molecule has 1 amide bonds. The molecule has 0 radical (unpaired) electrons. The van der Waals surface area contributed by atoms with Gasteiger partial charge in [0, 0.05) is 29.2 Å². The Hall–Kier alpha value is -2.55. The number of hydrogen-bond donors (Lipinski definition) is 1. The Morgan fingerprint density at radius 2 is 1.69 bits per heavy atom. The van der Waals surface area contributed by atoms with E-state index in [2.05, 4.69) is 68.9 Å². The van der Waals surface area contributed by atoms with Gasteiger partial charge in [-0.25, -0.2) is 0 Å². The van der Waals surface area contributed by atoms with E-state index in [9.17, 15) is 4.79 Å². The van der Waals surface area contributed by atoms with Gasteiger partial charge < -0.3 is 9.88 Å². The molecule has 3 aromatic rings. The van der Waals surface area contributed by atoms with Crippen LogP contribution in [-0.4, -0.2) is 10.5 Å². The first kappa shape index (κ1) is 18.2. The minimum Gasteiger partial charge on any atom is -0.348 e.